The van der Waals surface area contributed by atoms with Crippen LogP contribution in [0.1, 0.15) is 89.5 Å². The highest BCUT2D eigenvalue weighted by Crippen LogP contribution is 2.30. The van der Waals surface area contributed by atoms with Crippen LogP contribution in [0, 0.1) is 0 Å². The Kier molecular flexibility index (Phi) is 11.1. The number of carbonyl (C=O) groups is 3. The monoisotopic (exact) mass is 556 g/mol. The molecule has 3 aliphatic rings. The van der Waals surface area contributed by atoms with Gasteiger partial charge in [0.15, 0.2) is 0 Å². The van der Waals surface area contributed by atoms with Gasteiger partial charge in [-0.05, 0) is 70.1 Å². The van der Waals surface area contributed by atoms with Gasteiger partial charge in [0.25, 0.3) is 0 Å². The molecule has 0 unspecified atom stereocenters. The molecule has 220 valence electrons. The van der Waals surface area contributed by atoms with Crippen molar-refractivity contribution in [1.82, 2.24) is 15.1 Å². The van der Waals surface area contributed by atoms with E-state index >= 15 is 0 Å². The van der Waals surface area contributed by atoms with Gasteiger partial charge >= 0.3 is 12.1 Å². The van der Waals surface area contributed by atoms with Gasteiger partial charge in [0.05, 0.1) is 18.9 Å². The maximum absolute atomic E-state index is 12.8. The van der Waals surface area contributed by atoms with Crippen molar-refractivity contribution in [2.75, 3.05) is 26.8 Å². The molecule has 1 aliphatic heterocycles. The van der Waals surface area contributed by atoms with Gasteiger partial charge in [0.1, 0.15) is 18.4 Å². The van der Waals surface area contributed by atoms with Crippen LogP contribution in [0.4, 0.5) is 10.5 Å². The predicted octanol–water partition coefficient (Wildman–Crippen LogP) is 5.06. The molecule has 10 nitrogen and oxygen atoms in total. The molecule has 2 fully saturated rings. The SMILES string of the molecule is CCOC(=O)NC1=Nc2ccc(OCCCC(=O)N(C)C3CCCCC3)cc2CN1CC(=O)OC1CCCCC1. The van der Waals surface area contributed by atoms with Crippen molar-refractivity contribution < 1.29 is 28.6 Å². The van der Waals surface area contributed by atoms with Gasteiger partial charge in [-0.1, -0.05) is 25.7 Å². The highest BCUT2D eigenvalue weighted by Gasteiger charge is 2.27. The van der Waals surface area contributed by atoms with E-state index in [2.05, 4.69) is 10.3 Å². The van der Waals surface area contributed by atoms with E-state index < -0.39 is 6.09 Å². The van der Waals surface area contributed by atoms with Gasteiger partial charge in [0, 0.05) is 31.6 Å². The number of amides is 2. The number of nitrogens with one attached hydrogen (secondary N) is 1. The zero-order chi connectivity index (χ0) is 28.3. The number of fused-ring (bicyclic) bond motifs is 1. The molecular weight excluding hydrogens is 512 g/mol. The minimum Gasteiger partial charge on any atom is -0.494 e. The lowest BCUT2D eigenvalue weighted by atomic mass is 9.94. The molecular formula is C30H44N4O6. The van der Waals surface area contributed by atoms with Crippen molar-refractivity contribution in [2.45, 2.75) is 103 Å². The van der Waals surface area contributed by atoms with E-state index in [1.807, 2.05) is 30.1 Å². The lowest BCUT2D eigenvalue weighted by Gasteiger charge is -2.31. The highest BCUT2D eigenvalue weighted by molar-refractivity contribution is 5.97. The summed E-state index contributed by atoms with van der Waals surface area (Å²) in [5.41, 5.74) is 1.55. The molecule has 0 spiro atoms. The number of rotatable bonds is 10. The largest absolute Gasteiger partial charge is 0.494 e. The van der Waals surface area contributed by atoms with Gasteiger partial charge in [-0.15, -0.1) is 0 Å². The molecule has 0 aromatic heterocycles. The quantitative estimate of drug-likeness (QED) is 0.317. The first kappa shape index (κ1) is 29.7. The average Bonchev–Trinajstić information content (AvgIpc) is 2.96. The first-order valence-corrected chi connectivity index (χ1v) is 14.9. The van der Waals surface area contributed by atoms with Crippen molar-refractivity contribution >= 4 is 29.6 Å². The maximum atomic E-state index is 12.8. The van der Waals surface area contributed by atoms with Crippen LogP contribution >= 0.6 is 0 Å². The van der Waals surface area contributed by atoms with Crippen molar-refractivity contribution in [1.29, 1.82) is 0 Å². The molecule has 1 aromatic carbocycles. The number of hydrogen-bond donors (Lipinski definition) is 1. The number of aliphatic imine (C=N–C) groups is 1. The number of esters is 1. The molecule has 2 amide bonds. The molecule has 4 rings (SSSR count). The smallest absolute Gasteiger partial charge is 0.413 e. The van der Waals surface area contributed by atoms with Crippen LogP contribution in [0.3, 0.4) is 0 Å². The number of benzene rings is 1. The molecule has 0 atom stereocenters. The Morgan fingerprint density at radius 3 is 2.50 bits per heavy atom. The van der Waals surface area contributed by atoms with E-state index in [-0.39, 0.29) is 37.1 Å². The van der Waals surface area contributed by atoms with Crippen molar-refractivity contribution in [3.8, 4) is 5.75 Å². The minimum absolute atomic E-state index is 0.0388. The summed E-state index contributed by atoms with van der Waals surface area (Å²) in [6.07, 6.45) is 11.4. The molecule has 2 aliphatic carbocycles. The third-order valence-corrected chi connectivity index (χ3v) is 7.92. The molecule has 1 aromatic rings. The first-order valence-electron chi connectivity index (χ1n) is 14.9. The van der Waals surface area contributed by atoms with Crippen molar-refractivity contribution in [2.24, 2.45) is 4.99 Å². The summed E-state index contributed by atoms with van der Waals surface area (Å²) >= 11 is 0. The number of nitrogens with zero attached hydrogens (tertiary/aromatic N) is 3. The molecule has 0 bridgehead atoms. The number of ether oxygens (including phenoxy) is 3. The van der Waals surface area contributed by atoms with Crippen LogP contribution in [-0.4, -0.2) is 72.7 Å². The Morgan fingerprint density at radius 2 is 1.77 bits per heavy atom. The first-order chi connectivity index (χ1) is 19.4. The molecule has 10 heteroatoms. The fourth-order valence-electron chi connectivity index (χ4n) is 5.67. The number of alkyl carbamates (subject to hydrolysis) is 1. The van der Waals surface area contributed by atoms with Crippen LogP contribution in [0.5, 0.6) is 5.75 Å². The second-order valence-corrected chi connectivity index (χ2v) is 10.9. The molecule has 1 N–H and O–H groups in total. The van der Waals surface area contributed by atoms with Crippen LogP contribution in [-0.2, 0) is 25.6 Å². The molecule has 40 heavy (non-hydrogen) atoms. The minimum atomic E-state index is -0.626. The summed E-state index contributed by atoms with van der Waals surface area (Å²) in [6.45, 7) is 2.69. The highest BCUT2D eigenvalue weighted by atomic mass is 16.6. The fourth-order valence-corrected chi connectivity index (χ4v) is 5.67. The average molecular weight is 557 g/mol. The summed E-state index contributed by atoms with van der Waals surface area (Å²) < 4.78 is 16.7. The topological polar surface area (TPSA) is 110 Å². The van der Waals surface area contributed by atoms with E-state index in [4.69, 9.17) is 14.2 Å². The second kappa shape index (κ2) is 14.9. The Labute approximate surface area is 237 Å². The normalized spacial score (nSPS) is 17.9. The van der Waals surface area contributed by atoms with E-state index in [9.17, 15) is 14.4 Å². The lowest BCUT2D eigenvalue weighted by molar-refractivity contribution is -0.151. The summed E-state index contributed by atoms with van der Waals surface area (Å²) in [5.74, 6) is 0.756. The lowest BCUT2D eigenvalue weighted by Crippen LogP contribution is -2.47. The fraction of sp³-hybridized carbons (Fsp3) is 0.667. The van der Waals surface area contributed by atoms with E-state index in [0.717, 1.165) is 44.1 Å². The Bertz CT molecular complexity index is 1050. The van der Waals surface area contributed by atoms with Gasteiger partial charge < -0.3 is 24.0 Å². The van der Waals surface area contributed by atoms with Crippen LogP contribution in [0.2, 0.25) is 0 Å². The van der Waals surface area contributed by atoms with Gasteiger partial charge in [-0.3, -0.25) is 14.9 Å². The zero-order valence-corrected chi connectivity index (χ0v) is 24.0. The zero-order valence-electron chi connectivity index (χ0n) is 24.0. The van der Waals surface area contributed by atoms with Gasteiger partial charge in [-0.25, -0.2) is 9.79 Å². The third-order valence-electron chi connectivity index (χ3n) is 7.92. The second-order valence-electron chi connectivity index (χ2n) is 10.9. The Balaban J connectivity index is 1.33. The predicted molar refractivity (Wildman–Crippen MR) is 151 cm³/mol. The Hall–Kier alpha value is -3.30. The third kappa shape index (κ3) is 8.60. The van der Waals surface area contributed by atoms with Crippen LogP contribution in [0.25, 0.3) is 0 Å². The summed E-state index contributed by atoms with van der Waals surface area (Å²) in [5, 5.41) is 2.66. The molecule has 0 saturated heterocycles. The molecule has 0 radical (unpaired) electrons. The maximum Gasteiger partial charge on any atom is 0.413 e. The van der Waals surface area contributed by atoms with E-state index in [1.165, 1.54) is 25.7 Å². The van der Waals surface area contributed by atoms with Gasteiger partial charge in [0.2, 0.25) is 11.9 Å². The van der Waals surface area contributed by atoms with E-state index in [0.29, 0.717) is 43.5 Å². The van der Waals surface area contributed by atoms with Crippen LogP contribution < -0.4 is 10.1 Å². The van der Waals surface area contributed by atoms with E-state index in [1.54, 1.807) is 11.8 Å². The van der Waals surface area contributed by atoms with Gasteiger partial charge in [-0.2, -0.15) is 0 Å². The van der Waals surface area contributed by atoms with Crippen molar-refractivity contribution in [3.63, 3.8) is 0 Å². The summed E-state index contributed by atoms with van der Waals surface area (Å²) in [6, 6.07) is 5.93. The number of guanidine groups is 1. The summed E-state index contributed by atoms with van der Waals surface area (Å²) in [4.78, 5) is 45.7. The molecule has 2 saturated carbocycles. The number of hydrogen-bond acceptors (Lipinski definition) is 8. The Morgan fingerprint density at radius 1 is 1.05 bits per heavy atom. The van der Waals surface area contributed by atoms with Crippen LogP contribution in [0.15, 0.2) is 23.2 Å². The van der Waals surface area contributed by atoms with Crippen molar-refractivity contribution in [3.05, 3.63) is 23.8 Å². The standard InChI is InChI=1S/C30H44N4O6/c1-3-38-30(37)32-29-31-26-17-16-25(39-18-10-15-27(35)33(2)23-11-6-4-7-12-23)19-22(26)20-34(29)21-28(36)40-24-13-8-5-9-14-24/h16-17,19,23-24H,3-15,18,20-21H2,1-2H3,(H,31,32,37). The number of carbonyl (C=O) groups excluding carboxylic acids is 3. The molecule has 1 heterocycles. The summed E-state index contributed by atoms with van der Waals surface area (Å²) in [7, 11) is 1.92.